The topological polar surface area (TPSA) is 59.1 Å². The highest BCUT2D eigenvalue weighted by atomic mass is 16.5. The third-order valence-corrected chi connectivity index (χ3v) is 3.18. The van der Waals surface area contributed by atoms with Gasteiger partial charge in [0.25, 0.3) is 0 Å². The largest absolute Gasteiger partial charge is 0.457 e. The number of nitrogens with one attached hydrogen (secondary N) is 2. The molecule has 2 N–H and O–H groups in total. The molecule has 0 bridgehead atoms. The Morgan fingerprint density at radius 1 is 0.875 bits per heavy atom. The van der Waals surface area contributed by atoms with Crippen molar-refractivity contribution in [2.75, 3.05) is 10.6 Å². The van der Waals surface area contributed by atoms with E-state index < -0.39 is 0 Å². The van der Waals surface area contributed by atoms with E-state index in [2.05, 4.69) is 34.4 Å². The second-order valence-corrected chi connectivity index (χ2v) is 5.63. The Morgan fingerprint density at radius 2 is 1.58 bits per heavy atom. The Hall–Kier alpha value is -3.08. The second-order valence-electron chi connectivity index (χ2n) is 5.63. The molecule has 0 atom stereocenters. The third kappa shape index (κ3) is 4.46. The first-order valence-corrected chi connectivity index (χ1v) is 7.88. The maximum absolute atomic E-state index is 5.78. The molecule has 0 fully saturated rings. The molecule has 0 saturated heterocycles. The van der Waals surface area contributed by atoms with Crippen LogP contribution in [0.3, 0.4) is 0 Å². The van der Waals surface area contributed by atoms with Crippen LogP contribution in [0.2, 0.25) is 0 Å². The Kier molecular flexibility index (Phi) is 4.91. The first-order chi connectivity index (χ1) is 11.7. The number of aromatic nitrogens is 2. The monoisotopic (exact) mass is 320 g/mol. The number of para-hydroxylation sites is 1. The number of hydrogen-bond donors (Lipinski definition) is 2. The van der Waals surface area contributed by atoms with Crippen LogP contribution in [-0.2, 0) is 0 Å². The van der Waals surface area contributed by atoms with Crippen molar-refractivity contribution in [3.63, 3.8) is 0 Å². The minimum absolute atomic E-state index is 0.321. The molecule has 5 nitrogen and oxygen atoms in total. The summed E-state index contributed by atoms with van der Waals surface area (Å²) in [4.78, 5) is 8.67. The molecular formula is C19H20N4O. The number of nitrogens with zero attached hydrogens (tertiary/aromatic N) is 2. The normalized spacial score (nSPS) is 10.5. The lowest BCUT2D eigenvalue weighted by atomic mass is 10.3. The number of hydrogen-bond acceptors (Lipinski definition) is 5. The Morgan fingerprint density at radius 3 is 2.29 bits per heavy atom. The molecular weight excluding hydrogens is 300 g/mol. The molecule has 0 aliphatic heterocycles. The van der Waals surface area contributed by atoms with Crippen LogP contribution in [0.4, 0.5) is 17.5 Å². The van der Waals surface area contributed by atoms with Crippen LogP contribution in [0.5, 0.6) is 11.5 Å². The Labute approximate surface area is 141 Å². The van der Waals surface area contributed by atoms with Crippen LogP contribution in [0.1, 0.15) is 13.8 Å². The average molecular weight is 320 g/mol. The fraction of sp³-hybridized carbons (Fsp3) is 0.158. The minimum Gasteiger partial charge on any atom is -0.457 e. The fourth-order valence-corrected chi connectivity index (χ4v) is 2.16. The van der Waals surface area contributed by atoms with Gasteiger partial charge in [-0.05, 0) is 56.3 Å². The van der Waals surface area contributed by atoms with Gasteiger partial charge < -0.3 is 15.4 Å². The molecule has 0 aliphatic carbocycles. The molecule has 0 saturated carbocycles. The van der Waals surface area contributed by atoms with Crippen molar-refractivity contribution in [2.45, 2.75) is 19.9 Å². The molecule has 3 aromatic rings. The maximum atomic E-state index is 5.78. The molecule has 0 spiro atoms. The standard InChI is InChI=1S/C19H20N4O/c1-14(2)21-18-12-13-20-19(23-18)22-15-8-10-17(11-9-15)24-16-6-4-3-5-7-16/h3-14H,1-2H3,(H2,20,21,22,23). The zero-order valence-corrected chi connectivity index (χ0v) is 13.7. The average Bonchev–Trinajstić information content (AvgIpc) is 2.57. The molecule has 3 rings (SSSR count). The molecule has 0 radical (unpaired) electrons. The summed E-state index contributed by atoms with van der Waals surface area (Å²) in [6, 6.07) is 19.6. The summed E-state index contributed by atoms with van der Waals surface area (Å²) in [7, 11) is 0. The van der Waals surface area contributed by atoms with Gasteiger partial charge in [0.05, 0.1) is 0 Å². The summed E-state index contributed by atoms with van der Waals surface area (Å²) >= 11 is 0. The molecule has 2 aromatic carbocycles. The molecule has 0 amide bonds. The van der Waals surface area contributed by atoms with Gasteiger partial charge in [-0.1, -0.05) is 18.2 Å². The van der Waals surface area contributed by atoms with E-state index in [1.807, 2.05) is 60.7 Å². The second kappa shape index (κ2) is 7.46. The van der Waals surface area contributed by atoms with Crippen molar-refractivity contribution in [1.82, 2.24) is 9.97 Å². The lowest BCUT2D eigenvalue weighted by Gasteiger charge is -2.11. The van der Waals surface area contributed by atoms with Crippen molar-refractivity contribution in [2.24, 2.45) is 0 Å². The van der Waals surface area contributed by atoms with Crippen LogP contribution in [0.25, 0.3) is 0 Å². The van der Waals surface area contributed by atoms with E-state index in [9.17, 15) is 0 Å². The van der Waals surface area contributed by atoms with Gasteiger partial charge >= 0.3 is 0 Å². The number of ether oxygens (including phenoxy) is 1. The minimum atomic E-state index is 0.321. The number of benzene rings is 2. The molecule has 122 valence electrons. The number of anilines is 3. The predicted octanol–water partition coefficient (Wildman–Crippen LogP) is 4.83. The van der Waals surface area contributed by atoms with Crippen molar-refractivity contribution in [1.29, 1.82) is 0 Å². The van der Waals surface area contributed by atoms with Gasteiger partial charge in [0, 0.05) is 17.9 Å². The van der Waals surface area contributed by atoms with Crippen molar-refractivity contribution >= 4 is 17.5 Å². The molecule has 1 aromatic heterocycles. The summed E-state index contributed by atoms with van der Waals surface area (Å²) in [5.74, 6) is 2.95. The lowest BCUT2D eigenvalue weighted by Crippen LogP contribution is -2.11. The van der Waals surface area contributed by atoms with Crippen LogP contribution in [-0.4, -0.2) is 16.0 Å². The molecule has 5 heteroatoms. The van der Waals surface area contributed by atoms with Gasteiger partial charge in [0.2, 0.25) is 5.95 Å². The fourth-order valence-electron chi connectivity index (χ4n) is 2.16. The highest BCUT2D eigenvalue weighted by molar-refractivity contribution is 5.56. The zero-order chi connectivity index (χ0) is 16.8. The van der Waals surface area contributed by atoms with E-state index in [0.29, 0.717) is 12.0 Å². The first kappa shape index (κ1) is 15.8. The van der Waals surface area contributed by atoms with Crippen LogP contribution in [0, 0.1) is 0 Å². The van der Waals surface area contributed by atoms with Crippen LogP contribution in [0.15, 0.2) is 66.9 Å². The molecule has 24 heavy (non-hydrogen) atoms. The van der Waals surface area contributed by atoms with E-state index in [-0.39, 0.29) is 0 Å². The lowest BCUT2D eigenvalue weighted by molar-refractivity contribution is 0.483. The SMILES string of the molecule is CC(C)Nc1ccnc(Nc2ccc(Oc3ccccc3)cc2)n1. The van der Waals surface area contributed by atoms with E-state index >= 15 is 0 Å². The Bertz CT molecular complexity index is 773. The summed E-state index contributed by atoms with van der Waals surface area (Å²) in [5, 5.41) is 6.45. The number of rotatable bonds is 6. The van der Waals surface area contributed by atoms with Gasteiger partial charge in [0.1, 0.15) is 17.3 Å². The van der Waals surface area contributed by atoms with Gasteiger partial charge in [-0.15, -0.1) is 0 Å². The molecule has 1 heterocycles. The summed E-state index contributed by atoms with van der Waals surface area (Å²) in [6.45, 7) is 4.14. The summed E-state index contributed by atoms with van der Waals surface area (Å²) in [5.41, 5.74) is 0.900. The van der Waals surface area contributed by atoms with E-state index in [1.165, 1.54) is 0 Å². The predicted molar refractivity (Wildman–Crippen MR) is 97.0 cm³/mol. The smallest absolute Gasteiger partial charge is 0.229 e. The van der Waals surface area contributed by atoms with Crippen LogP contribution >= 0.6 is 0 Å². The van der Waals surface area contributed by atoms with E-state index in [1.54, 1.807) is 6.20 Å². The van der Waals surface area contributed by atoms with Gasteiger partial charge in [0.15, 0.2) is 0 Å². The summed E-state index contributed by atoms with van der Waals surface area (Å²) < 4.78 is 5.78. The van der Waals surface area contributed by atoms with Crippen molar-refractivity contribution < 1.29 is 4.74 Å². The highest BCUT2D eigenvalue weighted by Crippen LogP contribution is 2.23. The quantitative estimate of drug-likeness (QED) is 0.681. The first-order valence-electron chi connectivity index (χ1n) is 7.88. The molecule has 0 unspecified atom stereocenters. The third-order valence-electron chi connectivity index (χ3n) is 3.18. The molecule has 0 aliphatic rings. The van der Waals surface area contributed by atoms with Gasteiger partial charge in [-0.25, -0.2) is 4.98 Å². The summed E-state index contributed by atoms with van der Waals surface area (Å²) in [6.07, 6.45) is 1.73. The van der Waals surface area contributed by atoms with E-state index in [4.69, 9.17) is 4.74 Å². The van der Waals surface area contributed by atoms with Crippen molar-refractivity contribution in [3.8, 4) is 11.5 Å². The zero-order valence-electron chi connectivity index (χ0n) is 13.7. The van der Waals surface area contributed by atoms with Gasteiger partial charge in [-0.3, -0.25) is 0 Å². The van der Waals surface area contributed by atoms with Crippen molar-refractivity contribution in [3.05, 3.63) is 66.9 Å². The van der Waals surface area contributed by atoms with Gasteiger partial charge in [-0.2, -0.15) is 4.98 Å². The van der Waals surface area contributed by atoms with Crippen LogP contribution < -0.4 is 15.4 Å². The highest BCUT2D eigenvalue weighted by Gasteiger charge is 2.02. The maximum Gasteiger partial charge on any atom is 0.229 e. The Balaban J connectivity index is 1.66. The van der Waals surface area contributed by atoms with E-state index in [0.717, 1.165) is 23.0 Å².